The molecule has 0 heterocycles. The van der Waals surface area contributed by atoms with Gasteiger partial charge in [-0.15, -0.1) is 0 Å². The van der Waals surface area contributed by atoms with E-state index in [4.69, 9.17) is 10.6 Å². The fraction of sp³-hybridized carbons (Fsp3) is 0.231. The fourth-order valence-electron chi connectivity index (χ4n) is 1.27. The maximum absolute atomic E-state index is 12.9. The summed E-state index contributed by atoms with van der Waals surface area (Å²) < 4.78 is 18.4. The Kier molecular flexibility index (Phi) is 5.23. The highest BCUT2D eigenvalue weighted by Gasteiger charge is 2.00. The van der Waals surface area contributed by atoms with Gasteiger partial charge in [-0.2, -0.15) is 0 Å². The topological polar surface area (TPSA) is 47.3 Å². The van der Waals surface area contributed by atoms with E-state index in [1.54, 1.807) is 36.4 Å². The lowest BCUT2D eigenvalue weighted by atomic mass is 10.3. The van der Waals surface area contributed by atoms with E-state index in [0.717, 1.165) is 5.69 Å². The van der Waals surface area contributed by atoms with Gasteiger partial charge in [0.2, 0.25) is 0 Å². The molecule has 0 amide bonds. The molecular weight excluding hydrogens is 219 g/mol. The van der Waals surface area contributed by atoms with Crippen molar-refractivity contribution in [2.45, 2.75) is 20.0 Å². The van der Waals surface area contributed by atoms with E-state index in [1.807, 2.05) is 6.92 Å². The smallest absolute Gasteiger partial charge is 0.127 e. The Morgan fingerprint density at radius 3 is 2.53 bits per heavy atom. The standard InChI is InChI=1S/C13H17FN2O/c1-3-4-13(9-10(2)14)17-12-7-5-11(16-15)6-8-12/h3-10,16H,15H2,1-2H3/b4-3-,13-9+. The van der Waals surface area contributed by atoms with Gasteiger partial charge in [-0.25, -0.2) is 4.39 Å². The lowest BCUT2D eigenvalue weighted by Crippen LogP contribution is -2.06. The van der Waals surface area contributed by atoms with Crippen LogP contribution in [0, 0.1) is 0 Å². The molecule has 1 rings (SSSR count). The van der Waals surface area contributed by atoms with Gasteiger partial charge in [-0.1, -0.05) is 6.08 Å². The number of nitrogens with one attached hydrogen (secondary N) is 1. The molecule has 0 radical (unpaired) electrons. The van der Waals surface area contributed by atoms with Crippen LogP contribution in [0.4, 0.5) is 10.1 Å². The summed E-state index contributed by atoms with van der Waals surface area (Å²) in [6, 6.07) is 7.08. The fourth-order valence-corrected chi connectivity index (χ4v) is 1.27. The van der Waals surface area contributed by atoms with Crippen molar-refractivity contribution in [3.8, 4) is 5.75 Å². The maximum Gasteiger partial charge on any atom is 0.127 e. The monoisotopic (exact) mass is 236 g/mol. The predicted molar refractivity (Wildman–Crippen MR) is 68.3 cm³/mol. The van der Waals surface area contributed by atoms with E-state index in [1.165, 1.54) is 13.0 Å². The molecule has 0 aliphatic heterocycles. The number of nitrogen functional groups attached to an aromatic ring is 1. The molecule has 0 aliphatic rings. The van der Waals surface area contributed by atoms with Crippen LogP contribution in [0.3, 0.4) is 0 Å². The van der Waals surface area contributed by atoms with Crippen LogP contribution in [0.25, 0.3) is 0 Å². The van der Waals surface area contributed by atoms with Crippen LogP contribution < -0.4 is 16.0 Å². The SMILES string of the molecule is C/C=C\C(=C/C(C)F)Oc1ccc(NN)cc1. The molecular formula is C13H17FN2O. The van der Waals surface area contributed by atoms with E-state index >= 15 is 0 Å². The zero-order chi connectivity index (χ0) is 12.7. The third-order valence-corrected chi connectivity index (χ3v) is 1.98. The molecule has 1 atom stereocenters. The number of allylic oxidation sites excluding steroid dienone is 3. The summed E-state index contributed by atoms with van der Waals surface area (Å²) in [5, 5.41) is 0. The van der Waals surface area contributed by atoms with Crippen LogP contribution in [0.15, 0.2) is 48.3 Å². The van der Waals surface area contributed by atoms with Gasteiger partial charge < -0.3 is 10.2 Å². The normalized spacial score (nSPS) is 13.8. The zero-order valence-electron chi connectivity index (χ0n) is 9.98. The summed E-state index contributed by atoms with van der Waals surface area (Å²) in [4.78, 5) is 0. The van der Waals surface area contributed by atoms with Crippen molar-refractivity contribution in [2.75, 3.05) is 5.43 Å². The van der Waals surface area contributed by atoms with Gasteiger partial charge in [-0.3, -0.25) is 5.84 Å². The van der Waals surface area contributed by atoms with Gasteiger partial charge >= 0.3 is 0 Å². The van der Waals surface area contributed by atoms with Gasteiger partial charge in [0.15, 0.2) is 0 Å². The number of alkyl halides is 1. The van der Waals surface area contributed by atoms with Crippen LogP contribution in [0.5, 0.6) is 5.75 Å². The van der Waals surface area contributed by atoms with Gasteiger partial charge in [-0.05, 0) is 50.3 Å². The summed E-state index contributed by atoms with van der Waals surface area (Å²) in [7, 11) is 0. The van der Waals surface area contributed by atoms with Crippen molar-refractivity contribution >= 4 is 5.69 Å². The first kappa shape index (κ1) is 13.3. The summed E-state index contributed by atoms with van der Waals surface area (Å²) in [5.41, 5.74) is 3.31. The Hall–Kier alpha value is -1.81. The molecule has 92 valence electrons. The Labute approximate surface area is 101 Å². The van der Waals surface area contributed by atoms with Crippen molar-refractivity contribution < 1.29 is 9.13 Å². The predicted octanol–water partition coefficient (Wildman–Crippen LogP) is 3.17. The molecule has 17 heavy (non-hydrogen) atoms. The molecule has 3 nitrogen and oxygen atoms in total. The van der Waals surface area contributed by atoms with Gasteiger partial charge in [0, 0.05) is 5.69 Å². The number of ether oxygens (including phenoxy) is 1. The van der Waals surface area contributed by atoms with Crippen molar-refractivity contribution in [3.63, 3.8) is 0 Å². The molecule has 0 saturated carbocycles. The molecule has 1 aromatic rings. The first-order valence-corrected chi connectivity index (χ1v) is 5.39. The van der Waals surface area contributed by atoms with E-state index in [2.05, 4.69) is 5.43 Å². The highest BCUT2D eigenvalue weighted by molar-refractivity contribution is 5.45. The van der Waals surface area contributed by atoms with Crippen LogP contribution in [-0.2, 0) is 0 Å². The Balaban J connectivity index is 2.79. The summed E-state index contributed by atoms with van der Waals surface area (Å²) in [5.74, 6) is 6.37. The number of nitrogens with two attached hydrogens (primary N) is 1. The summed E-state index contributed by atoms with van der Waals surface area (Å²) in [6.07, 6.45) is 3.87. The van der Waals surface area contributed by atoms with Crippen molar-refractivity contribution in [1.29, 1.82) is 0 Å². The largest absolute Gasteiger partial charge is 0.458 e. The molecule has 3 N–H and O–H groups in total. The number of benzene rings is 1. The molecule has 1 aromatic carbocycles. The van der Waals surface area contributed by atoms with Crippen molar-refractivity contribution in [1.82, 2.24) is 0 Å². The molecule has 0 spiro atoms. The molecule has 0 saturated heterocycles. The molecule has 1 unspecified atom stereocenters. The number of hydrogen-bond acceptors (Lipinski definition) is 3. The van der Waals surface area contributed by atoms with Crippen LogP contribution in [0.2, 0.25) is 0 Å². The minimum absolute atomic E-state index is 0.482. The number of hydrogen-bond donors (Lipinski definition) is 2. The third-order valence-electron chi connectivity index (χ3n) is 1.98. The average Bonchev–Trinajstić information content (AvgIpc) is 2.29. The number of hydrazine groups is 1. The van der Waals surface area contributed by atoms with Gasteiger partial charge in [0.05, 0.1) is 0 Å². The van der Waals surface area contributed by atoms with Gasteiger partial charge in [0.25, 0.3) is 0 Å². The number of rotatable bonds is 5. The summed E-state index contributed by atoms with van der Waals surface area (Å²) in [6.45, 7) is 3.30. The number of anilines is 1. The molecule has 0 aliphatic carbocycles. The Bertz CT molecular complexity index is 396. The van der Waals surface area contributed by atoms with Gasteiger partial charge in [0.1, 0.15) is 17.7 Å². The minimum atomic E-state index is -1.05. The zero-order valence-corrected chi connectivity index (χ0v) is 9.98. The molecule has 0 aromatic heterocycles. The third kappa shape index (κ3) is 4.70. The highest BCUT2D eigenvalue weighted by atomic mass is 19.1. The second-order valence-corrected chi connectivity index (χ2v) is 3.52. The lowest BCUT2D eigenvalue weighted by molar-refractivity contribution is 0.397. The van der Waals surface area contributed by atoms with E-state index in [0.29, 0.717) is 11.5 Å². The first-order valence-electron chi connectivity index (χ1n) is 5.39. The molecule has 0 bridgehead atoms. The molecule has 0 fully saturated rings. The highest BCUT2D eigenvalue weighted by Crippen LogP contribution is 2.18. The minimum Gasteiger partial charge on any atom is -0.458 e. The van der Waals surface area contributed by atoms with Crippen LogP contribution >= 0.6 is 0 Å². The second-order valence-electron chi connectivity index (χ2n) is 3.52. The Morgan fingerprint density at radius 1 is 1.41 bits per heavy atom. The quantitative estimate of drug-likeness (QED) is 0.357. The maximum atomic E-state index is 12.9. The van der Waals surface area contributed by atoms with Crippen molar-refractivity contribution in [2.24, 2.45) is 5.84 Å². The average molecular weight is 236 g/mol. The summed E-state index contributed by atoms with van der Waals surface area (Å²) >= 11 is 0. The van der Waals surface area contributed by atoms with Crippen LogP contribution in [-0.4, -0.2) is 6.17 Å². The van der Waals surface area contributed by atoms with E-state index < -0.39 is 6.17 Å². The molecule has 4 heteroatoms. The Morgan fingerprint density at radius 2 is 2.06 bits per heavy atom. The lowest BCUT2D eigenvalue weighted by Gasteiger charge is -2.08. The first-order chi connectivity index (χ1) is 8.15. The van der Waals surface area contributed by atoms with E-state index in [9.17, 15) is 4.39 Å². The van der Waals surface area contributed by atoms with Crippen molar-refractivity contribution in [3.05, 3.63) is 48.3 Å². The number of halogens is 1. The second kappa shape index (κ2) is 6.70. The van der Waals surface area contributed by atoms with E-state index in [-0.39, 0.29) is 0 Å². The van der Waals surface area contributed by atoms with Crippen LogP contribution in [0.1, 0.15) is 13.8 Å².